The van der Waals surface area contributed by atoms with Crippen molar-refractivity contribution in [1.82, 2.24) is 0 Å². The van der Waals surface area contributed by atoms with Crippen molar-refractivity contribution >= 4 is 12.0 Å². The van der Waals surface area contributed by atoms with Gasteiger partial charge in [-0.3, -0.25) is 9.53 Å². The molecule has 0 aromatic rings. The van der Waals surface area contributed by atoms with Crippen LogP contribution in [-0.2, 0) is 19.1 Å². The molecule has 4 nitrogen and oxygen atoms in total. The molecule has 0 aromatic carbocycles. The largest absolute Gasteiger partial charge is 0.460 e. The molecule has 1 rings (SSSR count). The van der Waals surface area contributed by atoms with Crippen molar-refractivity contribution in [3.63, 3.8) is 0 Å². The van der Waals surface area contributed by atoms with Crippen LogP contribution in [0.3, 0.4) is 0 Å². The molecule has 1 aliphatic heterocycles. The van der Waals surface area contributed by atoms with Gasteiger partial charge in [-0.15, -0.1) is 0 Å². The fraction of sp³-hybridized carbons (Fsp3) is 0.875. The molecule has 1 saturated heterocycles. The van der Waals surface area contributed by atoms with Gasteiger partial charge in [0.2, 0.25) is 0 Å². The highest BCUT2D eigenvalue weighted by molar-refractivity contribution is 5.89. The van der Waals surface area contributed by atoms with Crippen molar-refractivity contribution in [2.45, 2.75) is 83.2 Å². The number of ether oxygens (including phenoxy) is 2. The van der Waals surface area contributed by atoms with Gasteiger partial charge < -0.3 is 4.74 Å². The van der Waals surface area contributed by atoms with Crippen molar-refractivity contribution in [3.05, 3.63) is 0 Å². The van der Waals surface area contributed by atoms with Gasteiger partial charge in [-0.05, 0) is 0 Å². The van der Waals surface area contributed by atoms with Crippen molar-refractivity contribution in [2.24, 2.45) is 0 Å². The van der Waals surface area contributed by atoms with Gasteiger partial charge in [-0.25, -0.2) is 4.79 Å². The van der Waals surface area contributed by atoms with Gasteiger partial charge in [-0.1, -0.05) is 0 Å². The highest BCUT2D eigenvalue weighted by Gasteiger charge is 2.99. The molecule has 0 spiro atoms. The predicted molar refractivity (Wildman–Crippen MR) is 81.4 cm³/mol. The summed E-state index contributed by atoms with van der Waals surface area (Å²) in [5.74, 6) is -112. The van der Waals surface area contributed by atoms with E-state index in [1.165, 1.54) is 0 Å². The second-order valence-corrected chi connectivity index (χ2v) is 8.72. The van der Waals surface area contributed by atoms with Crippen molar-refractivity contribution in [2.75, 3.05) is 0 Å². The lowest BCUT2D eigenvalue weighted by Crippen LogP contribution is -2.76. The van der Waals surface area contributed by atoms with E-state index in [0.29, 0.717) is 0 Å². The van der Waals surface area contributed by atoms with E-state index < -0.39 is 95.2 Å². The number of hydrogen-bond acceptors (Lipinski definition) is 4. The molecule has 48 heavy (non-hydrogen) atoms. The Labute approximate surface area is 238 Å². The van der Waals surface area contributed by atoms with Crippen molar-refractivity contribution in [3.8, 4) is 0 Å². The molecule has 32 heteroatoms. The van der Waals surface area contributed by atoms with Crippen LogP contribution in [0.15, 0.2) is 0 Å². The van der Waals surface area contributed by atoms with Gasteiger partial charge in [0, 0.05) is 0 Å². The first-order valence-electron chi connectivity index (χ1n) is 10.0. The van der Waals surface area contributed by atoms with Crippen LogP contribution in [0.4, 0.5) is 123 Å². The molecule has 0 aliphatic carbocycles. The van der Waals surface area contributed by atoms with E-state index in [4.69, 9.17) is 0 Å². The smallest absolute Gasteiger partial charge is 0.412 e. The summed E-state index contributed by atoms with van der Waals surface area (Å²) in [5, 5.41) is 0. The Kier molecular flexibility index (Phi) is 9.30. The molecule has 284 valence electrons. The van der Waals surface area contributed by atoms with E-state index in [2.05, 4.69) is 0 Å². The van der Waals surface area contributed by atoms with Crippen LogP contribution < -0.4 is 0 Å². The van der Waals surface area contributed by atoms with Gasteiger partial charge >= 0.3 is 95.2 Å². The zero-order valence-corrected chi connectivity index (χ0v) is 20.2. The first kappa shape index (κ1) is 43.2. The number of carbonyl (C=O) groups excluding carboxylic acids is 2. The van der Waals surface area contributed by atoms with Gasteiger partial charge in [0.05, 0.1) is 0 Å². The number of hydrogen-bond donors (Lipinski definition) is 0. The number of alkyl halides is 27. The number of halogens is 28. The summed E-state index contributed by atoms with van der Waals surface area (Å²) < 4.78 is 377. The SMILES string of the molecule is O=C1OC(C(=O)F)(C(F)(F)C(F)(F)C(F)(F)C(F)(F)C(F)(F)C(F)(F)F)OC1(F)C(F)(F)C(F)(F)C(F)(F)C(F)(F)C(F)(F)C(F)(F)F. The number of esters is 1. The first-order chi connectivity index (χ1) is 20.3. The van der Waals surface area contributed by atoms with Crippen LogP contribution in [0, 0.1) is 0 Å². The first-order valence-corrected chi connectivity index (χ1v) is 10.0. The summed E-state index contributed by atoms with van der Waals surface area (Å²) in [5.41, 5.74) is 0. The minimum Gasteiger partial charge on any atom is -0.412 e. The fourth-order valence-electron chi connectivity index (χ4n) is 2.93. The summed E-state index contributed by atoms with van der Waals surface area (Å²) in [7, 11) is 0. The van der Waals surface area contributed by atoms with Gasteiger partial charge in [0.15, 0.2) is 0 Å². The normalized spacial score (nSPS) is 23.8. The molecule has 0 bridgehead atoms. The minimum atomic E-state index is -9.29. The third kappa shape index (κ3) is 4.67. The zero-order valence-electron chi connectivity index (χ0n) is 20.2. The Morgan fingerprint density at radius 2 is 0.688 bits per heavy atom. The van der Waals surface area contributed by atoms with E-state index >= 15 is 0 Å². The summed E-state index contributed by atoms with van der Waals surface area (Å²) in [6.07, 6.45) is -16.4. The second-order valence-electron chi connectivity index (χ2n) is 8.72. The third-order valence-electron chi connectivity index (χ3n) is 5.73. The minimum absolute atomic E-state index is 1.74. The van der Waals surface area contributed by atoms with E-state index in [0.717, 1.165) is 0 Å². The van der Waals surface area contributed by atoms with Crippen molar-refractivity contribution < 1.29 is 142 Å². The standard InChI is InChI=1S/C16F28O4/c17-1(45)4(6(21,22)8(25,26)10(29,30)12(33,34)14(37,38)16(42,43)44)47-2(46)3(18,48-4)5(19,20)7(23,24)9(27,28)11(31,32)13(35,36)15(39,40)41. The zero-order chi connectivity index (χ0) is 39.6. The second kappa shape index (κ2) is 10.3. The van der Waals surface area contributed by atoms with E-state index in [1.807, 2.05) is 4.74 Å². The third-order valence-corrected chi connectivity index (χ3v) is 5.73. The molecule has 1 heterocycles. The maximum absolute atomic E-state index is 14.7. The molecule has 2 unspecified atom stereocenters. The van der Waals surface area contributed by atoms with E-state index in [9.17, 15) is 133 Å². The van der Waals surface area contributed by atoms with E-state index in [1.54, 1.807) is 4.74 Å². The molecule has 1 aliphatic rings. The highest BCUT2D eigenvalue weighted by Crippen LogP contribution is 2.67. The topological polar surface area (TPSA) is 52.6 Å². The quantitative estimate of drug-likeness (QED) is 0.122. The molecule has 1 fully saturated rings. The molecule has 2 atom stereocenters. The Morgan fingerprint density at radius 1 is 0.438 bits per heavy atom. The highest BCUT2D eigenvalue weighted by atomic mass is 19.4. The summed E-state index contributed by atoms with van der Waals surface area (Å²) in [4.78, 5) is 22.2. The van der Waals surface area contributed by atoms with Gasteiger partial charge in [0.25, 0.3) is 0 Å². The lowest BCUT2D eigenvalue weighted by Gasteiger charge is -2.43. The molecule has 0 amide bonds. The maximum atomic E-state index is 14.7. The monoisotopic (exact) mass is 788 g/mol. The molecular formula is C16F28O4. The van der Waals surface area contributed by atoms with Crippen LogP contribution >= 0.6 is 0 Å². The predicted octanol–water partition coefficient (Wildman–Crippen LogP) is 7.90. The lowest BCUT2D eigenvalue weighted by molar-refractivity contribution is -0.471. The Morgan fingerprint density at radius 3 is 0.938 bits per heavy atom. The fourth-order valence-corrected chi connectivity index (χ4v) is 2.93. The number of rotatable bonds is 11. The summed E-state index contributed by atoms with van der Waals surface area (Å²) >= 11 is 0. The van der Waals surface area contributed by atoms with Crippen LogP contribution in [0.2, 0.25) is 0 Å². The molecule has 0 aromatic heterocycles. The summed E-state index contributed by atoms with van der Waals surface area (Å²) in [6, 6.07) is -5.42. The van der Waals surface area contributed by atoms with Crippen LogP contribution in [-0.4, -0.2) is 95.2 Å². The van der Waals surface area contributed by atoms with Crippen LogP contribution in [0.1, 0.15) is 0 Å². The molecule has 0 radical (unpaired) electrons. The average molecular weight is 788 g/mol. The summed E-state index contributed by atoms with van der Waals surface area (Å²) in [6.45, 7) is 0. The number of cyclic esters (lactones) is 1. The van der Waals surface area contributed by atoms with Gasteiger partial charge in [-0.2, -0.15) is 123 Å². The maximum Gasteiger partial charge on any atom is 0.460 e. The van der Waals surface area contributed by atoms with Gasteiger partial charge in [0.1, 0.15) is 0 Å². The lowest BCUT2D eigenvalue weighted by atomic mass is 9.89. The van der Waals surface area contributed by atoms with Crippen molar-refractivity contribution in [1.29, 1.82) is 0 Å². The molecule has 0 N–H and O–H groups in total. The van der Waals surface area contributed by atoms with Crippen LogP contribution in [0.5, 0.6) is 0 Å². The average Bonchev–Trinajstić information content (AvgIpc) is 3.15. The van der Waals surface area contributed by atoms with Crippen LogP contribution in [0.25, 0.3) is 0 Å². The Hall–Kier alpha value is -2.86. The number of carbonyl (C=O) groups is 2. The Balaban J connectivity index is 4.08. The Bertz CT molecular complexity index is 1290. The molecular weight excluding hydrogens is 788 g/mol. The molecule has 0 saturated carbocycles. The van der Waals surface area contributed by atoms with E-state index in [-0.39, 0.29) is 0 Å².